The van der Waals surface area contributed by atoms with Crippen molar-refractivity contribution in [3.63, 3.8) is 0 Å². The highest BCUT2D eigenvalue weighted by atomic mass is 16.5. The van der Waals surface area contributed by atoms with E-state index in [1.807, 2.05) is 24.3 Å². The molecule has 1 heterocycles. The van der Waals surface area contributed by atoms with Gasteiger partial charge in [0.05, 0.1) is 6.61 Å². The number of ether oxygens (including phenoxy) is 1. The van der Waals surface area contributed by atoms with Crippen molar-refractivity contribution in [1.29, 1.82) is 0 Å². The molecule has 8 heteroatoms. The molecule has 0 aliphatic carbocycles. The fourth-order valence-electron chi connectivity index (χ4n) is 5.55. The minimum absolute atomic E-state index is 0.0329. The molecule has 0 bridgehead atoms. The van der Waals surface area contributed by atoms with Crippen LogP contribution in [0.2, 0.25) is 0 Å². The highest BCUT2D eigenvalue weighted by molar-refractivity contribution is 5.86. The summed E-state index contributed by atoms with van der Waals surface area (Å²) in [5.74, 6) is -0.619. The number of benzene rings is 2. The molecule has 45 heavy (non-hydrogen) atoms. The first-order chi connectivity index (χ1) is 22.0. The van der Waals surface area contributed by atoms with E-state index in [0.29, 0.717) is 35.3 Å². The van der Waals surface area contributed by atoms with Gasteiger partial charge >= 0.3 is 5.97 Å². The van der Waals surface area contributed by atoms with Gasteiger partial charge in [0.2, 0.25) is 5.91 Å². The SMILES string of the molecule is C=CC(=O)NCc1cc(CCC(=O)OCCCCCCCCCCCCCCCCCC)cc(-n2nc3ccccc3n2)c1O. The fourth-order valence-corrected chi connectivity index (χ4v) is 5.55. The number of aryl methyl sites for hydroxylation is 1. The predicted molar refractivity (Wildman–Crippen MR) is 181 cm³/mol. The lowest BCUT2D eigenvalue weighted by Crippen LogP contribution is -2.20. The molecule has 8 nitrogen and oxygen atoms in total. The third-order valence-electron chi connectivity index (χ3n) is 8.25. The van der Waals surface area contributed by atoms with Crippen molar-refractivity contribution >= 4 is 22.9 Å². The number of hydrogen-bond donors (Lipinski definition) is 2. The van der Waals surface area contributed by atoms with Crippen LogP contribution in [-0.4, -0.2) is 38.6 Å². The normalized spacial score (nSPS) is 11.1. The number of nitrogens with one attached hydrogen (secondary N) is 1. The van der Waals surface area contributed by atoms with Crippen LogP contribution in [-0.2, 0) is 27.3 Å². The number of carbonyl (C=O) groups excluding carboxylic acids is 2. The summed E-state index contributed by atoms with van der Waals surface area (Å²) in [6.45, 7) is 6.29. The molecule has 2 aromatic carbocycles. The number of aromatic nitrogens is 3. The lowest BCUT2D eigenvalue weighted by atomic mass is 10.0. The van der Waals surface area contributed by atoms with E-state index in [0.717, 1.165) is 18.4 Å². The Labute approximate surface area is 269 Å². The van der Waals surface area contributed by atoms with E-state index in [-0.39, 0.29) is 30.6 Å². The summed E-state index contributed by atoms with van der Waals surface area (Å²) in [6, 6.07) is 11.0. The molecule has 246 valence electrons. The Bertz CT molecular complexity index is 1290. The molecule has 0 radical (unpaired) electrons. The number of aromatic hydroxyl groups is 1. The van der Waals surface area contributed by atoms with Gasteiger partial charge in [-0.15, -0.1) is 15.0 Å². The van der Waals surface area contributed by atoms with E-state index in [9.17, 15) is 14.7 Å². The number of carbonyl (C=O) groups is 2. The Morgan fingerprint density at radius 2 is 1.38 bits per heavy atom. The number of phenols is 1. The molecule has 0 spiro atoms. The largest absolute Gasteiger partial charge is 0.505 e. The fraction of sp³-hybridized carbons (Fsp3) is 0.568. The first-order valence-electron chi connectivity index (χ1n) is 17.2. The molecule has 0 atom stereocenters. The third-order valence-corrected chi connectivity index (χ3v) is 8.25. The van der Waals surface area contributed by atoms with Gasteiger partial charge in [-0.25, -0.2) is 0 Å². The van der Waals surface area contributed by atoms with Gasteiger partial charge in [-0.1, -0.05) is 128 Å². The number of fused-ring (bicyclic) bond motifs is 1. The molecule has 0 unspecified atom stereocenters. The Hall–Kier alpha value is -3.68. The van der Waals surface area contributed by atoms with Crippen LogP contribution in [0.4, 0.5) is 0 Å². The van der Waals surface area contributed by atoms with Gasteiger partial charge in [0.1, 0.15) is 22.5 Å². The summed E-state index contributed by atoms with van der Waals surface area (Å²) in [7, 11) is 0. The molecule has 0 saturated heterocycles. The second-order valence-corrected chi connectivity index (χ2v) is 12.0. The Balaban J connectivity index is 1.33. The van der Waals surface area contributed by atoms with Gasteiger partial charge in [-0.05, 0) is 42.7 Å². The van der Waals surface area contributed by atoms with Gasteiger partial charge in [0.25, 0.3) is 0 Å². The zero-order chi connectivity index (χ0) is 32.1. The number of hydrogen-bond acceptors (Lipinski definition) is 6. The van der Waals surface area contributed by atoms with Crippen LogP contribution >= 0.6 is 0 Å². The van der Waals surface area contributed by atoms with Crippen molar-refractivity contribution in [3.8, 4) is 11.4 Å². The Morgan fingerprint density at radius 1 is 0.844 bits per heavy atom. The minimum Gasteiger partial charge on any atom is -0.505 e. The van der Waals surface area contributed by atoms with Gasteiger partial charge in [-0.3, -0.25) is 9.59 Å². The number of phenolic OH excluding ortho intramolecular Hbond substituents is 1. The van der Waals surface area contributed by atoms with Crippen molar-refractivity contribution in [2.45, 2.75) is 129 Å². The standard InChI is InChI=1S/C37H54N4O4/c1-3-5-6-7-8-9-10-11-12-13-14-15-16-17-18-21-26-45-36(43)25-24-30-27-31(29-38-35(42)4-2)37(44)34(28-30)41-39-32-22-19-20-23-33(32)40-41/h4,19-20,22-23,27-28,44H,2-3,5-18,21,24-26,29H2,1H3,(H,38,42). The highest BCUT2D eigenvalue weighted by Crippen LogP contribution is 2.29. The summed E-state index contributed by atoms with van der Waals surface area (Å²) in [5, 5.41) is 22.7. The molecule has 0 saturated carbocycles. The van der Waals surface area contributed by atoms with Gasteiger partial charge in [0.15, 0.2) is 0 Å². The van der Waals surface area contributed by atoms with E-state index < -0.39 is 0 Å². The minimum atomic E-state index is -0.345. The number of rotatable bonds is 24. The van der Waals surface area contributed by atoms with Crippen LogP contribution in [0.5, 0.6) is 5.75 Å². The second-order valence-electron chi connectivity index (χ2n) is 12.0. The average Bonchev–Trinajstić information content (AvgIpc) is 3.49. The van der Waals surface area contributed by atoms with Crippen molar-refractivity contribution in [3.05, 3.63) is 60.2 Å². The zero-order valence-corrected chi connectivity index (χ0v) is 27.4. The van der Waals surface area contributed by atoms with Crippen molar-refractivity contribution in [2.75, 3.05) is 6.61 Å². The third kappa shape index (κ3) is 13.5. The smallest absolute Gasteiger partial charge is 0.306 e. The molecule has 3 rings (SSSR count). The molecular formula is C37H54N4O4. The van der Waals surface area contributed by atoms with Crippen molar-refractivity contribution in [2.24, 2.45) is 0 Å². The monoisotopic (exact) mass is 618 g/mol. The van der Waals surface area contributed by atoms with Crippen LogP contribution in [0.1, 0.15) is 127 Å². The summed E-state index contributed by atoms with van der Waals surface area (Å²) >= 11 is 0. The molecule has 0 aliphatic rings. The van der Waals surface area contributed by atoms with Crippen molar-refractivity contribution in [1.82, 2.24) is 20.3 Å². The predicted octanol–water partition coefficient (Wildman–Crippen LogP) is 8.67. The van der Waals surface area contributed by atoms with E-state index in [1.165, 1.54) is 101 Å². The molecule has 2 N–H and O–H groups in total. The average molecular weight is 619 g/mol. The Morgan fingerprint density at radius 3 is 1.91 bits per heavy atom. The molecule has 0 fully saturated rings. The van der Waals surface area contributed by atoms with Gasteiger partial charge in [0, 0.05) is 18.5 Å². The van der Waals surface area contributed by atoms with E-state index in [4.69, 9.17) is 4.74 Å². The maximum absolute atomic E-state index is 12.5. The van der Waals surface area contributed by atoms with Crippen LogP contribution in [0.15, 0.2) is 49.1 Å². The summed E-state index contributed by atoms with van der Waals surface area (Å²) in [6.07, 6.45) is 22.8. The molecular weight excluding hydrogens is 564 g/mol. The van der Waals surface area contributed by atoms with Gasteiger partial charge in [-0.2, -0.15) is 0 Å². The quantitative estimate of drug-likeness (QED) is 0.0591. The van der Waals surface area contributed by atoms with E-state index in [2.05, 4.69) is 29.0 Å². The topological polar surface area (TPSA) is 106 Å². The lowest BCUT2D eigenvalue weighted by Gasteiger charge is -2.13. The van der Waals surface area contributed by atoms with E-state index >= 15 is 0 Å². The zero-order valence-electron chi connectivity index (χ0n) is 27.4. The first-order valence-corrected chi connectivity index (χ1v) is 17.2. The van der Waals surface area contributed by atoms with Crippen LogP contribution in [0.25, 0.3) is 16.7 Å². The van der Waals surface area contributed by atoms with Gasteiger partial charge < -0.3 is 15.2 Å². The summed E-state index contributed by atoms with van der Waals surface area (Å²) < 4.78 is 5.50. The van der Waals surface area contributed by atoms with Crippen LogP contribution in [0.3, 0.4) is 0 Å². The molecule has 1 amide bonds. The van der Waals surface area contributed by atoms with Crippen molar-refractivity contribution < 1.29 is 19.4 Å². The summed E-state index contributed by atoms with van der Waals surface area (Å²) in [4.78, 5) is 25.6. The number of amides is 1. The molecule has 1 aromatic heterocycles. The molecule has 0 aliphatic heterocycles. The maximum atomic E-state index is 12.5. The first kappa shape index (κ1) is 35.8. The maximum Gasteiger partial charge on any atom is 0.306 e. The second kappa shape index (κ2) is 21.1. The van der Waals surface area contributed by atoms with Crippen LogP contribution < -0.4 is 5.32 Å². The number of nitrogens with zero attached hydrogens (tertiary/aromatic N) is 3. The molecule has 3 aromatic rings. The highest BCUT2D eigenvalue weighted by Gasteiger charge is 2.16. The van der Waals surface area contributed by atoms with Crippen LogP contribution in [0, 0.1) is 0 Å². The number of unbranched alkanes of at least 4 members (excludes halogenated alkanes) is 15. The Kier molecular flexibility index (Phi) is 16.8. The number of esters is 1. The van der Waals surface area contributed by atoms with E-state index in [1.54, 1.807) is 12.1 Å². The lowest BCUT2D eigenvalue weighted by molar-refractivity contribution is -0.143. The summed E-state index contributed by atoms with van der Waals surface area (Å²) in [5.41, 5.74) is 3.09.